The van der Waals surface area contributed by atoms with E-state index < -0.39 is 11.9 Å². The summed E-state index contributed by atoms with van der Waals surface area (Å²) in [5.41, 5.74) is -0.371. The van der Waals surface area contributed by atoms with E-state index in [2.05, 4.69) is 25.9 Å². The summed E-state index contributed by atoms with van der Waals surface area (Å²) in [5.74, 6) is 0.234. The highest BCUT2D eigenvalue weighted by atomic mass is 79.9. The molecule has 0 saturated carbocycles. The van der Waals surface area contributed by atoms with Gasteiger partial charge in [0.25, 0.3) is 0 Å². The molecule has 17 heavy (non-hydrogen) atoms. The molecular weight excluding hydrogens is 299 g/mol. The van der Waals surface area contributed by atoms with E-state index in [-0.39, 0.29) is 5.82 Å². The first-order valence-corrected chi connectivity index (χ1v) is 5.39. The first-order chi connectivity index (χ1) is 7.88. The van der Waals surface area contributed by atoms with Crippen molar-refractivity contribution in [2.24, 2.45) is 7.05 Å². The maximum atomic E-state index is 12.5. The summed E-state index contributed by atoms with van der Waals surface area (Å²) < 4.78 is 39.3. The SMILES string of the molecule is Cn1cc(C(F)(F)F)nc1-c1ccc(Br)nc1. The lowest BCUT2D eigenvalue weighted by atomic mass is 10.3. The minimum Gasteiger partial charge on any atom is -0.333 e. The van der Waals surface area contributed by atoms with Crippen molar-refractivity contribution >= 4 is 15.9 Å². The molecule has 0 aliphatic heterocycles. The van der Waals surface area contributed by atoms with Crippen molar-refractivity contribution in [3.63, 3.8) is 0 Å². The number of imidazole rings is 1. The van der Waals surface area contributed by atoms with Crippen LogP contribution in [0.3, 0.4) is 0 Å². The molecule has 7 heteroatoms. The van der Waals surface area contributed by atoms with Crippen molar-refractivity contribution in [3.8, 4) is 11.4 Å². The number of pyridine rings is 1. The van der Waals surface area contributed by atoms with Gasteiger partial charge in [0, 0.05) is 25.0 Å². The van der Waals surface area contributed by atoms with E-state index in [1.807, 2.05) is 0 Å². The smallest absolute Gasteiger partial charge is 0.333 e. The molecule has 0 aliphatic rings. The number of aromatic nitrogens is 3. The Morgan fingerprint density at radius 2 is 2.00 bits per heavy atom. The highest BCUT2D eigenvalue weighted by Crippen LogP contribution is 2.30. The van der Waals surface area contributed by atoms with E-state index in [1.54, 1.807) is 12.1 Å². The van der Waals surface area contributed by atoms with Crippen molar-refractivity contribution in [1.29, 1.82) is 0 Å². The zero-order valence-corrected chi connectivity index (χ0v) is 10.2. The van der Waals surface area contributed by atoms with E-state index in [1.165, 1.54) is 17.8 Å². The Kier molecular flexibility index (Phi) is 2.94. The Balaban J connectivity index is 2.46. The molecule has 0 N–H and O–H groups in total. The van der Waals surface area contributed by atoms with Gasteiger partial charge in [-0.3, -0.25) is 0 Å². The molecule has 0 aromatic carbocycles. The Bertz CT molecular complexity index is 531. The van der Waals surface area contributed by atoms with Gasteiger partial charge in [-0.25, -0.2) is 9.97 Å². The lowest BCUT2D eigenvalue weighted by Gasteiger charge is -2.00. The molecule has 0 spiro atoms. The van der Waals surface area contributed by atoms with E-state index in [0.717, 1.165) is 6.20 Å². The molecule has 0 amide bonds. The third-order valence-electron chi connectivity index (χ3n) is 2.15. The molecule has 0 aliphatic carbocycles. The fourth-order valence-corrected chi connectivity index (χ4v) is 1.61. The summed E-state index contributed by atoms with van der Waals surface area (Å²) in [5, 5.41) is 0. The van der Waals surface area contributed by atoms with Crippen molar-refractivity contribution in [3.05, 3.63) is 34.8 Å². The maximum absolute atomic E-state index is 12.5. The molecule has 0 unspecified atom stereocenters. The Hall–Kier alpha value is -1.37. The quantitative estimate of drug-likeness (QED) is 0.757. The lowest BCUT2D eigenvalue weighted by Crippen LogP contribution is -2.04. The summed E-state index contributed by atoms with van der Waals surface area (Å²) >= 11 is 3.16. The fourth-order valence-electron chi connectivity index (χ4n) is 1.38. The van der Waals surface area contributed by atoms with Crippen LogP contribution in [0.2, 0.25) is 0 Å². The Morgan fingerprint density at radius 3 is 2.47 bits per heavy atom. The van der Waals surface area contributed by atoms with Gasteiger partial charge in [-0.2, -0.15) is 13.2 Å². The van der Waals surface area contributed by atoms with Crippen molar-refractivity contribution in [2.75, 3.05) is 0 Å². The normalized spacial score (nSPS) is 11.8. The molecule has 90 valence electrons. The summed E-state index contributed by atoms with van der Waals surface area (Å²) in [6.45, 7) is 0. The van der Waals surface area contributed by atoms with Gasteiger partial charge in [-0.15, -0.1) is 0 Å². The van der Waals surface area contributed by atoms with Crippen molar-refractivity contribution in [1.82, 2.24) is 14.5 Å². The van der Waals surface area contributed by atoms with Crippen LogP contribution in [0.4, 0.5) is 13.2 Å². The van der Waals surface area contributed by atoms with Crippen LogP contribution in [0, 0.1) is 0 Å². The van der Waals surface area contributed by atoms with Gasteiger partial charge in [0.2, 0.25) is 0 Å². The van der Waals surface area contributed by atoms with Crippen molar-refractivity contribution in [2.45, 2.75) is 6.18 Å². The predicted octanol–water partition coefficient (Wildman–Crippen LogP) is 3.26. The second kappa shape index (κ2) is 4.14. The third-order valence-corrected chi connectivity index (χ3v) is 2.62. The van der Waals surface area contributed by atoms with E-state index in [4.69, 9.17) is 0 Å². The van der Waals surface area contributed by atoms with Crippen LogP contribution in [0.15, 0.2) is 29.1 Å². The lowest BCUT2D eigenvalue weighted by molar-refractivity contribution is -0.140. The topological polar surface area (TPSA) is 30.7 Å². The number of aryl methyl sites for hydroxylation is 1. The molecule has 0 radical (unpaired) electrons. The molecule has 0 atom stereocenters. The average Bonchev–Trinajstić information content (AvgIpc) is 2.61. The van der Waals surface area contributed by atoms with Gasteiger partial charge >= 0.3 is 6.18 Å². The minimum absolute atomic E-state index is 0.234. The molecule has 2 heterocycles. The second-order valence-corrected chi connectivity index (χ2v) is 4.24. The molecule has 0 saturated heterocycles. The zero-order valence-electron chi connectivity index (χ0n) is 8.66. The van der Waals surface area contributed by atoms with Gasteiger partial charge < -0.3 is 4.57 Å². The molecule has 2 aromatic rings. The fraction of sp³-hybridized carbons (Fsp3) is 0.200. The van der Waals surface area contributed by atoms with Gasteiger partial charge in [-0.1, -0.05) is 0 Å². The van der Waals surface area contributed by atoms with Crippen LogP contribution in [-0.4, -0.2) is 14.5 Å². The van der Waals surface area contributed by atoms with Gasteiger partial charge in [0.1, 0.15) is 10.4 Å². The molecule has 2 rings (SSSR count). The highest BCUT2D eigenvalue weighted by molar-refractivity contribution is 9.10. The summed E-state index contributed by atoms with van der Waals surface area (Å²) in [6, 6.07) is 3.30. The van der Waals surface area contributed by atoms with Gasteiger partial charge in [-0.05, 0) is 28.1 Å². The van der Waals surface area contributed by atoms with Crippen LogP contribution in [0.1, 0.15) is 5.69 Å². The van der Waals surface area contributed by atoms with Crippen LogP contribution in [-0.2, 0) is 13.2 Å². The number of hydrogen-bond donors (Lipinski definition) is 0. The number of halogens is 4. The third kappa shape index (κ3) is 2.49. The predicted molar refractivity (Wildman–Crippen MR) is 59.1 cm³/mol. The van der Waals surface area contributed by atoms with E-state index in [0.29, 0.717) is 10.2 Å². The first kappa shape index (κ1) is 12.1. The van der Waals surface area contributed by atoms with Crippen LogP contribution in [0.25, 0.3) is 11.4 Å². The Morgan fingerprint density at radius 1 is 1.29 bits per heavy atom. The highest BCUT2D eigenvalue weighted by Gasteiger charge is 2.34. The number of alkyl halides is 3. The van der Waals surface area contributed by atoms with Crippen LogP contribution >= 0.6 is 15.9 Å². The van der Waals surface area contributed by atoms with E-state index in [9.17, 15) is 13.2 Å². The number of nitrogens with zero attached hydrogens (tertiary/aromatic N) is 3. The number of rotatable bonds is 1. The summed E-state index contributed by atoms with van der Waals surface area (Å²) in [4.78, 5) is 7.51. The number of hydrogen-bond acceptors (Lipinski definition) is 2. The molecule has 0 fully saturated rings. The second-order valence-electron chi connectivity index (χ2n) is 3.43. The monoisotopic (exact) mass is 305 g/mol. The largest absolute Gasteiger partial charge is 0.434 e. The van der Waals surface area contributed by atoms with Gasteiger partial charge in [0.05, 0.1) is 0 Å². The molecular formula is C10H7BrF3N3. The standard InChI is InChI=1S/C10H7BrF3N3/c1-17-5-7(10(12,13)14)16-9(17)6-2-3-8(11)15-4-6/h2-5H,1H3. The maximum Gasteiger partial charge on any atom is 0.434 e. The average molecular weight is 306 g/mol. The molecule has 2 aromatic heterocycles. The molecule has 0 bridgehead atoms. The first-order valence-electron chi connectivity index (χ1n) is 4.60. The molecule has 3 nitrogen and oxygen atoms in total. The summed E-state index contributed by atoms with van der Waals surface area (Å²) in [6.07, 6.45) is -2.01. The zero-order chi connectivity index (χ0) is 12.6. The summed E-state index contributed by atoms with van der Waals surface area (Å²) in [7, 11) is 1.51. The van der Waals surface area contributed by atoms with Crippen molar-refractivity contribution < 1.29 is 13.2 Å². The van der Waals surface area contributed by atoms with Crippen LogP contribution < -0.4 is 0 Å². The van der Waals surface area contributed by atoms with Gasteiger partial charge in [0.15, 0.2) is 5.69 Å². The minimum atomic E-state index is -4.43. The van der Waals surface area contributed by atoms with E-state index >= 15 is 0 Å². The Labute approximate surface area is 103 Å². The van der Waals surface area contributed by atoms with Crippen LogP contribution in [0.5, 0.6) is 0 Å².